The maximum absolute atomic E-state index is 5.83. The Kier molecular flexibility index (Phi) is 3.04. The topological polar surface area (TPSA) is 54.7 Å². The average molecular weight is 222 g/mol. The van der Waals surface area contributed by atoms with Gasteiger partial charge in [-0.05, 0) is 18.7 Å². The molecule has 78 valence electrons. The first-order chi connectivity index (χ1) is 7.31. The number of nitrogens with one attached hydrogen (secondary N) is 1. The van der Waals surface area contributed by atoms with E-state index in [1.165, 1.54) is 0 Å². The zero-order valence-electron chi connectivity index (χ0n) is 8.20. The van der Waals surface area contributed by atoms with E-state index in [-0.39, 0.29) is 0 Å². The molecule has 0 spiro atoms. The molecule has 0 radical (unpaired) electrons. The second kappa shape index (κ2) is 4.47. The lowest BCUT2D eigenvalue weighted by molar-refractivity contribution is 0.937. The van der Waals surface area contributed by atoms with Crippen LogP contribution in [0.3, 0.4) is 0 Å². The van der Waals surface area contributed by atoms with Gasteiger partial charge in [0.25, 0.3) is 0 Å². The van der Waals surface area contributed by atoms with E-state index in [0.717, 1.165) is 28.4 Å². The minimum Gasteiger partial charge on any atom is -0.348 e. The minimum atomic E-state index is 0.614. The Morgan fingerprint density at radius 3 is 2.67 bits per heavy atom. The molecule has 2 rings (SSSR count). The van der Waals surface area contributed by atoms with Crippen LogP contribution in [0.15, 0.2) is 30.6 Å². The van der Waals surface area contributed by atoms with Gasteiger partial charge in [-0.25, -0.2) is 4.98 Å². The van der Waals surface area contributed by atoms with E-state index < -0.39 is 0 Å². The highest BCUT2D eigenvalue weighted by Crippen LogP contribution is 2.22. The number of hydrogen-bond donors (Lipinski definition) is 2. The van der Waals surface area contributed by atoms with E-state index in [1.54, 1.807) is 6.33 Å². The smallest absolute Gasteiger partial charge is 0.0929 e. The van der Waals surface area contributed by atoms with Crippen molar-refractivity contribution < 1.29 is 0 Å². The molecule has 0 amide bonds. The van der Waals surface area contributed by atoms with Crippen LogP contribution in [0.4, 0.5) is 0 Å². The van der Waals surface area contributed by atoms with E-state index in [0.29, 0.717) is 6.54 Å². The van der Waals surface area contributed by atoms with Crippen molar-refractivity contribution >= 4 is 11.6 Å². The summed E-state index contributed by atoms with van der Waals surface area (Å²) in [4.78, 5) is 7.38. The zero-order valence-corrected chi connectivity index (χ0v) is 8.96. The lowest BCUT2D eigenvalue weighted by Crippen LogP contribution is -2.03. The van der Waals surface area contributed by atoms with Gasteiger partial charge in [0.05, 0.1) is 12.0 Å². The molecular weight excluding hydrogens is 210 g/mol. The number of benzene rings is 1. The summed E-state index contributed by atoms with van der Waals surface area (Å²) < 4.78 is 0. The first-order valence-electron chi connectivity index (χ1n) is 4.79. The summed E-state index contributed by atoms with van der Waals surface area (Å²) in [5.74, 6) is 0. The molecule has 4 heteroatoms. The van der Waals surface area contributed by atoms with Gasteiger partial charge in [-0.15, -0.1) is 0 Å². The van der Waals surface area contributed by atoms with Gasteiger partial charge in [-0.1, -0.05) is 23.7 Å². The number of nitrogens with two attached hydrogens (primary N) is 1. The predicted octanol–water partition coefficient (Wildman–Crippen LogP) is 2.23. The fourth-order valence-electron chi connectivity index (χ4n) is 1.51. The summed E-state index contributed by atoms with van der Waals surface area (Å²) in [5, 5.41) is 0.731. The van der Waals surface area contributed by atoms with Gasteiger partial charge in [0.15, 0.2) is 0 Å². The van der Waals surface area contributed by atoms with Crippen LogP contribution >= 0.6 is 11.6 Å². The van der Waals surface area contributed by atoms with Crippen LogP contribution in [0, 0.1) is 0 Å². The van der Waals surface area contributed by atoms with Crippen LogP contribution < -0.4 is 5.73 Å². The molecular formula is C11H12ClN3. The third-order valence-electron chi connectivity index (χ3n) is 2.23. The number of halogens is 1. The van der Waals surface area contributed by atoms with Gasteiger partial charge in [0.2, 0.25) is 0 Å². The molecule has 0 fully saturated rings. The summed E-state index contributed by atoms with van der Waals surface area (Å²) in [5.41, 5.74) is 8.61. The van der Waals surface area contributed by atoms with Gasteiger partial charge < -0.3 is 10.7 Å². The highest BCUT2D eigenvalue weighted by Gasteiger charge is 2.06. The Labute approximate surface area is 93.3 Å². The zero-order chi connectivity index (χ0) is 10.7. The van der Waals surface area contributed by atoms with Crippen LogP contribution in [0.25, 0.3) is 11.3 Å². The van der Waals surface area contributed by atoms with Gasteiger partial charge in [-0.3, -0.25) is 0 Å². The molecule has 0 unspecified atom stereocenters. The minimum absolute atomic E-state index is 0.614. The molecule has 3 nitrogen and oxygen atoms in total. The van der Waals surface area contributed by atoms with Crippen molar-refractivity contribution in [1.29, 1.82) is 0 Å². The van der Waals surface area contributed by atoms with Gasteiger partial charge in [0, 0.05) is 22.7 Å². The molecule has 1 aromatic carbocycles. The van der Waals surface area contributed by atoms with Crippen LogP contribution in [-0.4, -0.2) is 16.5 Å². The molecule has 2 aromatic rings. The second-order valence-electron chi connectivity index (χ2n) is 3.28. The fraction of sp³-hybridized carbons (Fsp3) is 0.182. The molecule has 1 aromatic heterocycles. The molecule has 0 saturated heterocycles. The summed E-state index contributed by atoms with van der Waals surface area (Å²) in [7, 11) is 0. The van der Waals surface area contributed by atoms with Gasteiger partial charge in [-0.2, -0.15) is 0 Å². The standard InChI is InChI=1S/C11H12ClN3/c12-9-3-1-8(2-4-9)11-10(5-6-13)14-7-15-11/h1-4,7H,5-6,13H2,(H,14,15). The summed E-state index contributed by atoms with van der Waals surface area (Å²) in [6.07, 6.45) is 2.49. The molecule has 0 aliphatic heterocycles. The number of hydrogen-bond acceptors (Lipinski definition) is 2. The number of aromatic amines is 1. The van der Waals surface area contributed by atoms with E-state index in [1.807, 2.05) is 24.3 Å². The molecule has 0 atom stereocenters. The Bertz CT molecular complexity index is 433. The van der Waals surface area contributed by atoms with E-state index >= 15 is 0 Å². The van der Waals surface area contributed by atoms with Crippen molar-refractivity contribution in [2.24, 2.45) is 5.73 Å². The molecule has 0 aliphatic carbocycles. The third-order valence-corrected chi connectivity index (χ3v) is 2.48. The Hall–Kier alpha value is -1.32. The van der Waals surface area contributed by atoms with Crippen molar-refractivity contribution in [3.05, 3.63) is 41.3 Å². The molecule has 15 heavy (non-hydrogen) atoms. The van der Waals surface area contributed by atoms with Crippen molar-refractivity contribution in [2.75, 3.05) is 6.54 Å². The Morgan fingerprint density at radius 1 is 1.27 bits per heavy atom. The molecule has 0 bridgehead atoms. The predicted molar refractivity (Wildman–Crippen MR) is 61.8 cm³/mol. The van der Waals surface area contributed by atoms with Crippen LogP contribution in [0.5, 0.6) is 0 Å². The van der Waals surface area contributed by atoms with Crippen LogP contribution in [0.1, 0.15) is 5.69 Å². The maximum atomic E-state index is 5.83. The van der Waals surface area contributed by atoms with Crippen molar-refractivity contribution in [3.8, 4) is 11.3 Å². The number of nitrogens with zero attached hydrogens (tertiary/aromatic N) is 1. The largest absolute Gasteiger partial charge is 0.348 e. The Balaban J connectivity index is 2.36. The fourth-order valence-corrected chi connectivity index (χ4v) is 1.64. The van der Waals surface area contributed by atoms with E-state index in [2.05, 4.69) is 9.97 Å². The molecule has 0 saturated carbocycles. The number of aromatic nitrogens is 2. The van der Waals surface area contributed by atoms with Gasteiger partial charge in [0.1, 0.15) is 0 Å². The quantitative estimate of drug-likeness (QED) is 0.835. The molecule has 1 heterocycles. The first kappa shape index (κ1) is 10.2. The average Bonchev–Trinajstić information content (AvgIpc) is 2.68. The summed E-state index contributed by atoms with van der Waals surface area (Å²) in [6, 6.07) is 7.63. The lowest BCUT2D eigenvalue weighted by atomic mass is 10.1. The van der Waals surface area contributed by atoms with Crippen molar-refractivity contribution in [2.45, 2.75) is 6.42 Å². The number of imidazole rings is 1. The van der Waals surface area contributed by atoms with Crippen LogP contribution in [0.2, 0.25) is 5.02 Å². The van der Waals surface area contributed by atoms with Crippen LogP contribution in [-0.2, 0) is 6.42 Å². The Morgan fingerprint density at radius 2 is 2.00 bits per heavy atom. The second-order valence-corrected chi connectivity index (χ2v) is 3.71. The van der Waals surface area contributed by atoms with E-state index in [4.69, 9.17) is 17.3 Å². The molecule has 0 aliphatic rings. The normalized spacial score (nSPS) is 10.5. The summed E-state index contributed by atoms with van der Waals surface area (Å²) in [6.45, 7) is 0.614. The number of rotatable bonds is 3. The number of H-pyrrole nitrogens is 1. The maximum Gasteiger partial charge on any atom is 0.0929 e. The SMILES string of the molecule is NCCc1[nH]cnc1-c1ccc(Cl)cc1. The first-order valence-corrected chi connectivity index (χ1v) is 5.17. The van der Waals surface area contributed by atoms with E-state index in [9.17, 15) is 0 Å². The lowest BCUT2D eigenvalue weighted by Gasteiger charge is -2.01. The summed E-state index contributed by atoms with van der Waals surface area (Å²) >= 11 is 5.83. The highest BCUT2D eigenvalue weighted by atomic mass is 35.5. The van der Waals surface area contributed by atoms with Crippen molar-refractivity contribution in [1.82, 2.24) is 9.97 Å². The highest BCUT2D eigenvalue weighted by molar-refractivity contribution is 6.30. The van der Waals surface area contributed by atoms with Gasteiger partial charge >= 0.3 is 0 Å². The monoisotopic (exact) mass is 221 g/mol. The third kappa shape index (κ3) is 2.19. The van der Waals surface area contributed by atoms with Crippen molar-refractivity contribution in [3.63, 3.8) is 0 Å². The molecule has 3 N–H and O–H groups in total.